The third kappa shape index (κ3) is 2.61. The van der Waals surface area contributed by atoms with Crippen LogP contribution in [0.15, 0.2) is 60.3 Å². The van der Waals surface area contributed by atoms with Crippen LogP contribution in [0.1, 0.15) is 31.1 Å². The molecule has 0 saturated carbocycles. The van der Waals surface area contributed by atoms with Crippen LogP contribution in [0.4, 0.5) is 5.69 Å². The van der Waals surface area contributed by atoms with Crippen LogP contribution in [0.5, 0.6) is 5.75 Å². The summed E-state index contributed by atoms with van der Waals surface area (Å²) in [6, 6.07) is 16.0. The Bertz CT molecular complexity index is 883. The van der Waals surface area contributed by atoms with Gasteiger partial charge in [0.25, 0.3) is 0 Å². The van der Waals surface area contributed by atoms with Gasteiger partial charge in [0.1, 0.15) is 11.9 Å². The van der Waals surface area contributed by atoms with Crippen LogP contribution in [-0.4, -0.2) is 26.0 Å². The molecule has 2 heterocycles. The summed E-state index contributed by atoms with van der Waals surface area (Å²) in [5, 5.41) is 0. The number of ether oxygens (including phenoxy) is 2. The van der Waals surface area contributed by atoms with E-state index >= 15 is 0 Å². The average molecular weight is 349 g/mol. The molecule has 2 aromatic rings. The summed E-state index contributed by atoms with van der Waals surface area (Å²) in [4.78, 5) is 14.9. The van der Waals surface area contributed by atoms with Gasteiger partial charge >= 0.3 is 0 Å². The van der Waals surface area contributed by atoms with Crippen molar-refractivity contribution in [3.8, 4) is 5.75 Å². The Labute approximate surface area is 154 Å². The van der Waals surface area contributed by atoms with Crippen LogP contribution in [-0.2, 0) is 14.9 Å². The van der Waals surface area contributed by atoms with Crippen molar-refractivity contribution >= 4 is 11.5 Å². The van der Waals surface area contributed by atoms with Crippen molar-refractivity contribution in [1.29, 1.82) is 0 Å². The maximum absolute atomic E-state index is 12.8. The van der Waals surface area contributed by atoms with Crippen LogP contribution in [0.3, 0.4) is 0 Å². The molecule has 0 aromatic heterocycles. The van der Waals surface area contributed by atoms with Gasteiger partial charge in [-0.15, -0.1) is 0 Å². The summed E-state index contributed by atoms with van der Waals surface area (Å²) >= 11 is 0. The average Bonchev–Trinajstić information content (AvgIpc) is 3.43. The molecule has 0 unspecified atom stereocenters. The Morgan fingerprint density at radius 2 is 1.85 bits per heavy atom. The third-order valence-electron chi connectivity index (χ3n) is 5.44. The zero-order valence-corrected chi connectivity index (χ0v) is 15.5. The topological polar surface area (TPSA) is 42.1 Å². The number of allylic oxidation sites excluding steroid dienone is 1. The summed E-state index contributed by atoms with van der Waals surface area (Å²) < 4.78 is 10.9. The number of methoxy groups -OCH3 is 1. The Morgan fingerprint density at radius 1 is 1.15 bits per heavy atom. The number of benzene rings is 2. The number of para-hydroxylation sites is 1. The number of epoxide rings is 1. The number of fused-ring (bicyclic) bond motifs is 1. The van der Waals surface area contributed by atoms with Gasteiger partial charge in [0.05, 0.1) is 7.11 Å². The second-order valence-electron chi connectivity index (χ2n) is 7.38. The van der Waals surface area contributed by atoms with Gasteiger partial charge in [-0.25, -0.2) is 0 Å². The van der Waals surface area contributed by atoms with Gasteiger partial charge in [0.15, 0.2) is 11.9 Å². The van der Waals surface area contributed by atoms with Crippen molar-refractivity contribution in [2.24, 2.45) is 0 Å². The molecular weight excluding hydrogens is 326 g/mol. The first-order valence-corrected chi connectivity index (χ1v) is 8.82. The zero-order valence-electron chi connectivity index (χ0n) is 15.5. The molecule has 134 valence electrons. The minimum atomic E-state index is -0.399. The predicted molar refractivity (Wildman–Crippen MR) is 102 cm³/mol. The monoisotopic (exact) mass is 349 g/mol. The van der Waals surface area contributed by atoms with Gasteiger partial charge in [0, 0.05) is 29.9 Å². The summed E-state index contributed by atoms with van der Waals surface area (Å²) in [6.07, 6.45) is 1.19. The number of carbonyl (C=O) groups is 1. The molecule has 26 heavy (non-hydrogen) atoms. The van der Waals surface area contributed by atoms with Crippen molar-refractivity contribution in [2.45, 2.75) is 31.5 Å². The van der Waals surface area contributed by atoms with Gasteiger partial charge < -0.3 is 14.4 Å². The Morgan fingerprint density at radius 3 is 2.50 bits per heavy atom. The smallest absolute Gasteiger partial charge is 0.189 e. The third-order valence-corrected chi connectivity index (χ3v) is 5.44. The Balaban J connectivity index is 1.55. The molecule has 0 amide bonds. The van der Waals surface area contributed by atoms with Crippen molar-refractivity contribution in [2.75, 3.05) is 19.1 Å². The lowest BCUT2D eigenvalue weighted by molar-refractivity contribution is -0.115. The number of ketones is 1. The second kappa shape index (κ2) is 5.99. The Hall–Kier alpha value is -2.59. The molecule has 0 aliphatic carbocycles. The normalized spacial score (nSPS) is 24.5. The summed E-state index contributed by atoms with van der Waals surface area (Å²) in [5.41, 5.74) is 4.20. The molecule has 2 aromatic carbocycles. The molecule has 2 aliphatic rings. The summed E-state index contributed by atoms with van der Waals surface area (Å²) in [5.74, 6) is 0.819. The zero-order chi connectivity index (χ0) is 18.5. The van der Waals surface area contributed by atoms with E-state index in [1.165, 1.54) is 5.56 Å². The lowest BCUT2D eigenvalue weighted by atomic mass is 9.83. The number of nitrogens with zero attached hydrogens (tertiary/aromatic N) is 1. The van der Waals surface area contributed by atoms with E-state index in [1.807, 2.05) is 43.4 Å². The van der Waals surface area contributed by atoms with E-state index < -0.39 is 6.10 Å². The summed E-state index contributed by atoms with van der Waals surface area (Å²) in [7, 11) is 3.65. The standard InChI is InChI=1S/C22H23NO3/c1-22(2)16-7-5-6-8-17(16)23(3)19(22)13-18(24)21-20(26-21)14-9-11-15(25-4)12-10-14/h5-13,20-21H,1-4H3/b19-13+/t20-,21-/m1/s1. The number of anilines is 1. The fourth-order valence-electron chi connectivity index (χ4n) is 3.85. The fraction of sp³-hybridized carbons (Fsp3) is 0.318. The number of hydrogen-bond acceptors (Lipinski definition) is 4. The maximum atomic E-state index is 12.8. The maximum Gasteiger partial charge on any atom is 0.189 e. The lowest BCUT2D eigenvalue weighted by Crippen LogP contribution is -2.24. The molecule has 2 atom stereocenters. The molecular formula is C22H23NO3. The van der Waals surface area contributed by atoms with E-state index in [1.54, 1.807) is 13.2 Å². The molecule has 0 N–H and O–H groups in total. The van der Waals surface area contributed by atoms with E-state index in [9.17, 15) is 4.79 Å². The van der Waals surface area contributed by atoms with Crippen LogP contribution in [0.2, 0.25) is 0 Å². The SMILES string of the molecule is COc1ccc([C@H]2O[C@@H]2C(=O)/C=C2/N(C)c3ccccc3C2(C)C)cc1. The van der Waals surface area contributed by atoms with Gasteiger partial charge in [-0.2, -0.15) is 0 Å². The first-order valence-electron chi connectivity index (χ1n) is 8.82. The molecule has 0 radical (unpaired) electrons. The van der Waals surface area contributed by atoms with E-state index in [0.29, 0.717) is 0 Å². The minimum absolute atomic E-state index is 0.0218. The molecule has 4 nitrogen and oxygen atoms in total. The van der Waals surface area contributed by atoms with Gasteiger partial charge in [0.2, 0.25) is 0 Å². The van der Waals surface area contributed by atoms with Crippen molar-refractivity contribution in [1.82, 2.24) is 0 Å². The van der Waals surface area contributed by atoms with Crippen molar-refractivity contribution in [3.63, 3.8) is 0 Å². The molecule has 2 aliphatic heterocycles. The van der Waals surface area contributed by atoms with Crippen LogP contribution in [0, 0.1) is 0 Å². The van der Waals surface area contributed by atoms with Gasteiger partial charge in [-0.05, 0) is 29.3 Å². The predicted octanol–water partition coefficient (Wildman–Crippen LogP) is 4.02. The molecule has 1 fully saturated rings. The number of rotatable bonds is 4. The molecule has 4 rings (SSSR count). The molecule has 0 bridgehead atoms. The van der Waals surface area contributed by atoms with E-state index in [-0.39, 0.29) is 17.3 Å². The van der Waals surface area contributed by atoms with Crippen LogP contribution >= 0.6 is 0 Å². The van der Waals surface area contributed by atoms with E-state index in [2.05, 4.69) is 30.9 Å². The fourth-order valence-corrected chi connectivity index (χ4v) is 3.85. The highest BCUT2D eigenvalue weighted by atomic mass is 16.6. The Kier molecular flexibility index (Phi) is 3.88. The lowest BCUT2D eigenvalue weighted by Gasteiger charge is -2.23. The number of likely N-dealkylation sites (N-methyl/N-ethyl adjacent to an activating group) is 1. The second-order valence-corrected chi connectivity index (χ2v) is 7.38. The van der Waals surface area contributed by atoms with E-state index in [0.717, 1.165) is 22.7 Å². The molecule has 0 spiro atoms. The largest absolute Gasteiger partial charge is 0.497 e. The first-order chi connectivity index (χ1) is 12.4. The first kappa shape index (κ1) is 16.9. The minimum Gasteiger partial charge on any atom is -0.497 e. The quantitative estimate of drug-likeness (QED) is 0.618. The highest BCUT2D eigenvalue weighted by molar-refractivity contribution is 5.98. The highest BCUT2D eigenvalue weighted by Gasteiger charge is 2.46. The van der Waals surface area contributed by atoms with Crippen LogP contribution < -0.4 is 9.64 Å². The van der Waals surface area contributed by atoms with E-state index in [4.69, 9.17) is 9.47 Å². The van der Waals surface area contributed by atoms with Crippen molar-refractivity contribution < 1.29 is 14.3 Å². The number of hydrogen-bond donors (Lipinski definition) is 0. The molecule has 1 saturated heterocycles. The van der Waals surface area contributed by atoms with Gasteiger partial charge in [-0.1, -0.05) is 44.2 Å². The summed E-state index contributed by atoms with van der Waals surface area (Å²) in [6.45, 7) is 4.31. The molecule has 4 heteroatoms. The van der Waals surface area contributed by atoms with Crippen LogP contribution in [0.25, 0.3) is 0 Å². The number of carbonyl (C=O) groups excluding carboxylic acids is 1. The van der Waals surface area contributed by atoms with Crippen molar-refractivity contribution in [3.05, 3.63) is 71.4 Å². The highest BCUT2D eigenvalue weighted by Crippen LogP contribution is 2.47. The van der Waals surface area contributed by atoms with Gasteiger partial charge in [-0.3, -0.25) is 4.79 Å².